The van der Waals surface area contributed by atoms with Crippen molar-refractivity contribution in [2.24, 2.45) is 0 Å². The van der Waals surface area contributed by atoms with E-state index in [-0.39, 0.29) is 69.3 Å². The summed E-state index contributed by atoms with van der Waals surface area (Å²) in [6.45, 7) is 1.57. The van der Waals surface area contributed by atoms with Gasteiger partial charge in [-0.3, -0.25) is 4.79 Å². The fraction of sp³-hybridized carbons (Fsp3) is 0.333. The standard InChI is InChI=1S/C15H12ClF2N2O2.Y/c1-2-20-13(4-3-10(16)15(20)21)14-11(17)7-9(8-12(14)18)22-6-5-19;/h7-8,10H,2-3,6H2,1H3;/q-1;. The van der Waals surface area contributed by atoms with Gasteiger partial charge in [-0.2, -0.15) is 5.26 Å². The largest absolute Gasteiger partial charge is 0.479 e. The van der Waals surface area contributed by atoms with Crippen LogP contribution in [0.25, 0.3) is 5.70 Å². The van der Waals surface area contributed by atoms with Gasteiger partial charge in [0, 0.05) is 39.3 Å². The van der Waals surface area contributed by atoms with Crippen molar-refractivity contribution in [1.82, 2.24) is 4.90 Å². The Hall–Kier alpha value is -1.03. The molecule has 1 radical (unpaired) electrons. The molecule has 0 saturated carbocycles. The molecule has 23 heavy (non-hydrogen) atoms. The first-order chi connectivity index (χ1) is 10.5. The number of amides is 1. The van der Waals surface area contributed by atoms with Crippen molar-refractivity contribution in [2.45, 2.75) is 18.7 Å². The third-order valence-corrected chi connectivity index (χ3v) is 3.47. The molecule has 0 fully saturated rings. The van der Waals surface area contributed by atoms with Gasteiger partial charge in [-0.15, -0.1) is 17.3 Å². The van der Waals surface area contributed by atoms with Gasteiger partial charge < -0.3 is 9.64 Å². The maximum atomic E-state index is 14.2. The zero-order chi connectivity index (χ0) is 16.3. The molecule has 0 bridgehead atoms. The van der Waals surface area contributed by atoms with Crippen LogP contribution in [0.5, 0.6) is 5.75 Å². The van der Waals surface area contributed by atoms with Crippen LogP contribution >= 0.6 is 11.6 Å². The van der Waals surface area contributed by atoms with Crippen LogP contribution in [-0.4, -0.2) is 29.3 Å². The molecule has 0 aliphatic carbocycles. The number of alkyl halides is 1. The summed E-state index contributed by atoms with van der Waals surface area (Å²) in [5, 5.41) is 7.63. The molecule has 0 saturated heterocycles. The van der Waals surface area contributed by atoms with E-state index in [2.05, 4.69) is 6.08 Å². The van der Waals surface area contributed by atoms with E-state index in [0.717, 1.165) is 12.1 Å². The van der Waals surface area contributed by atoms with E-state index in [1.165, 1.54) is 4.90 Å². The molecule has 1 heterocycles. The van der Waals surface area contributed by atoms with E-state index in [9.17, 15) is 13.6 Å². The zero-order valence-corrected chi connectivity index (χ0v) is 15.9. The Kier molecular flexibility index (Phi) is 7.59. The van der Waals surface area contributed by atoms with Crippen LogP contribution in [0, 0.1) is 29.0 Å². The monoisotopic (exact) mass is 414 g/mol. The van der Waals surface area contributed by atoms with Crippen LogP contribution in [0.4, 0.5) is 8.78 Å². The average molecular weight is 415 g/mol. The first-order valence-corrected chi connectivity index (χ1v) is 6.98. The van der Waals surface area contributed by atoms with E-state index in [1.807, 2.05) is 0 Å². The van der Waals surface area contributed by atoms with Crippen molar-refractivity contribution >= 4 is 23.2 Å². The number of carbonyl (C=O) groups excluding carboxylic acids is 1. The average Bonchev–Trinajstić information content (AvgIpc) is 2.48. The molecule has 1 unspecified atom stereocenters. The van der Waals surface area contributed by atoms with E-state index in [1.54, 1.807) is 13.0 Å². The molecule has 8 heteroatoms. The van der Waals surface area contributed by atoms with Gasteiger partial charge in [0.2, 0.25) is 5.91 Å². The maximum Gasteiger partial charge on any atom is 0.241 e. The van der Waals surface area contributed by atoms with Gasteiger partial charge in [-0.25, -0.2) is 14.9 Å². The van der Waals surface area contributed by atoms with Crippen molar-refractivity contribution in [3.63, 3.8) is 0 Å². The Labute approximate surface area is 162 Å². The van der Waals surface area contributed by atoms with Gasteiger partial charge >= 0.3 is 0 Å². The summed E-state index contributed by atoms with van der Waals surface area (Å²) in [5.41, 5.74) is -0.325. The molecule has 119 valence electrons. The minimum absolute atomic E-state index is 0. The molecule has 1 amide bonds. The van der Waals surface area contributed by atoms with Crippen LogP contribution in [-0.2, 0) is 37.5 Å². The fourth-order valence-electron chi connectivity index (χ4n) is 2.16. The molecular formula is C15H12ClF2N2O2Y-. The van der Waals surface area contributed by atoms with Gasteiger partial charge in [-0.05, 0) is 19.1 Å². The molecule has 1 aromatic carbocycles. The van der Waals surface area contributed by atoms with Crippen molar-refractivity contribution in [3.8, 4) is 11.8 Å². The second kappa shape index (κ2) is 8.72. The van der Waals surface area contributed by atoms with E-state index >= 15 is 0 Å². The number of nitrogens with zero attached hydrogens (tertiary/aromatic N) is 2. The molecular weight excluding hydrogens is 403 g/mol. The van der Waals surface area contributed by atoms with Crippen LogP contribution in [0.2, 0.25) is 0 Å². The SMILES string of the molecule is CCN1C(=O)C(Cl)C[C-]=C1c1c(F)cc(OCC#N)cc1F.[Y]. The third-order valence-electron chi connectivity index (χ3n) is 3.12. The molecule has 0 spiro atoms. The number of ether oxygens (including phenoxy) is 1. The Bertz CT molecular complexity index is 653. The van der Waals surface area contributed by atoms with Crippen molar-refractivity contribution in [2.75, 3.05) is 13.2 Å². The summed E-state index contributed by atoms with van der Waals surface area (Å²) in [4.78, 5) is 13.2. The van der Waals surface area contributed by atoms with E-state index < -0.39 is 22.9 Å². The molecule has 0 N–H and O–H groups in total. The number of hydrogen-bond acceptors (Lipinski definition) is 3. The van der Waals surface area contributed by atoms with E-state index in [4.69, 9.17) is 21.6 Å². The Morgan fingerprint density at radius 2 is 2.09 bits per heavy atom. The van der Waals surface area contributed by atoms with Crippen LogP contribution < -0.4 is 4.74 Å². The Morgan fingerprint density at radius 1 is 1.48 bits per heavy atom. The fourth-order valence-corrected chi connectivity index (χ4v) is 2.36. The Balaban J connectivity index is 0.00000264. The first kappa shape index (κ1) is 20.0. The minimum Gasteiger partial charge on any atom is -0.479 e. The molecule has 1 atom stereocenters. The second-order valence-corrected chi connectivity index (χ2v) is 5.02. The van der Waals surface area contributed by atoms with Crippen molar-refractivity contribution in [1.29, 1.82) is 5.26 Å². The first-order valence-electron chi connectivity index (χ1n) is 6.55. The number of nitriles is 1. The predicted molar refractivity (Wildman–Crippen MR) is 75.8 cm³/mol. The van der Waals surface area contributed by atoms with Crippen LogP contribution in [0.15, 0.2) is 12.1 Å². The molecule has 0 aromatic heterocycles. The number of allylic oxidation sites excluding steroid dienone is 1. The molecule has 2 rings (SSSR count). The van der Waals surface area contributed by atoms with Crippen molar-refractivity contribution in [3.05, 3.63) is 35.4 Å². The number of rotatable bonds is 4. The zero-order valence-electron chi connectivity index (χ0n) is 12.3. The van der Waals surface area contributed by atoms with Crippen LogP contribution in [0.1, 0.15) is 18.9 Å². The van der Waals surface area contributed by atoms with Gasteiger partial charge in [-0.1, -0.05) is 12.0 Å². The summed E-state index contributed by atoms with van der Waals surface area (Å²) >= 11 is 5.85. The Morgan fingerprint density at radius 3 is 2.61 bits per heavy atom. The number of carbonyl (C=O) groups is 1. The van der Waals surface area contributed by atoms with Gasteiger partial charge in [0.25, 0.3) is 0 Å². The van der Waals surface area contributed by atoms with Crippen molar-refractivity contribution < 1.29 is 51.0 Å². The number of halogens is 3. The molecule has 1 aromatic rings. The maximum absolute atomic E-state index is 14.2. The smallest absolute Gasteiger partial charge is 0.241 e. The predicted octanol–water partition coefficient (Wildman–Crippen LogP) is 2.87. The topological polar surface area (TPSA) is 53.3 Å². The molecule has 1 aliphatic rings. The second-order valence-electron chi connectivity index (χ2n) is 4.49. The molecule has 1 aliphatic heterocycles. The van der Waals surface area contributed by atoms with Gasteiger partial charge in [0.1, 0.15) is 17.2 Å². The number of benzene rings is 1. The summed E-state index contributed by atoms with van der Waals surface area (Å²) in [6, 6.07) is 3.64. The van der Waals surface area contributed by atoms with Crippen LogP contribution in [0.3, 0.4) is 0 Å². The minimum atomic E-state index is -0.894. The van der Waals surface area contributed by atoms with Gasteiger partial charge in [0.05, 0.1) is 11.6 Å². The van der Waals surface area contributed by atoms with E-state index in [0.29, 0.717) is 0 Å². The molecule has 4 nitrogen and oxygen atoms in total. The summed E-state index contributed by atoms with van der Waals surface area (Å²) in [5.74, 6) is -2.30. The third kappa shape index (κ3) is 4.29. The normalized spacial score (nSPS) is 17.2. The van der Waals surface area contributed by atoms with Gasteiger partial charge in [0.15, 0.2) is 6.61 Å². The summed E-state index contributed by atoms with van der Waals surface area (Å²) < 4.78 is 33.3. The summed E-state index contributed by atoms with van der Waals surface area (Å²) in [7, 11) is 0. The quantitative estimate of drug-likeness (QED) is 0.562. The number of hydrogen-bond donors (Lipinski definition) is 0. The summed E-state index contributed by atoms with van der Waals surface area (Å²) in [6.07, 6.45) is 2.86.